The number of H-pyrrole nitrogens is 1. The Labute approximate surface area is 158 Å². The summed E-state index contributed by atoms with van der Waals surface area (Å²) in [6.07, 6.45) is 2.87. The van der Waals surface area contributed by atoms with Gasteiger partial charge in [0.15, 0.2) is 5.69 Å². The molecule has 7 heteroatoms. The van der Waals surface area contributed by atoms with Gasteiger partial charge in [0.1, 0.15) is 0 Å². The Balaban J connectivity index is 1.41. The summed E-state index contributed by atoms with van der Waals surface area (Å²) in [4.78, 5) is 19.7. The van der Waals surface area contributed by atoms with Crippen LogP contribution in [-0.2, 0) is 18.4 Å². The average molecular weight is 374 g/mol. The highest BCUT2D eigenvalue weighted by Gasteiger charge is 2.30. The Morgan fingerprint density at radius 1 is 1.31 bits per heavy atom. The number of nitrogens with zero attached hydrogens (tertiary/aromatic N) is 3. The van der Waals surface area contributed by atoms with Crippen molar-refractivity contribution in [2.75, 3.05) is 19.6 Å². The lowest BCUT2D eigenvalue weighted by atomic mass is 9.93. The predicted molar refractivity (Wildman–Crippen MR) is 103 cm³/mol. The van der Waals surface area contributed by atoms with Crippen molar-refractivity contribution in [1.29, 1.82) is 0 Å². The fourth-order valence-corrected chi connectivity index (χ4v) is 4.92. The van der Waals surface area contributed by atoms with Gasteiger partial charge < -0.3 is 10.2 Å². The maximum atomic E-state index is 12.9. The van der Waals surface area contributed by atoms with Crippen molar-refractivity contribution >= 4 is 17.2 Å². The monoisotopic (exact) mass is 373 g/mol. The third-order valence-electron chi connectivity index (χ3n) is 5.43. The number of nitrogens with one attached hydrogen (secondary N) is 2. The van der Waals surface area contributed by atoms with Gasteiger partial charge in [-0.3, -0.25) is 9.89 Å². The Morgan fingerprint density at radius 2 is 2.08 bits per heavy atom. The van der Waals surface area contributed by atoms with E-state index in [-0.39, 0.29) is 11.3 Å². The molecule has 4 rings (SSSR count). The number of likely N-dealkylation sites (tertiary alicyclic amines) is 1. The van der Waals surface area contributed by atoms with E-state index >= 15 is 0 Å². The number of aromatic amines is 1. The summed E-state index contributed by atoms with van der Waals surface area (Å²) in [7, 11) is 0. The Kier molecular flexibility index (Phi) is 4.61. The number of aromatic nitrogens is 3. The molecule has 2 aliphatic rings. The molecule has 4 heterocycles. The van der Waals surface area contributed by atoms with Crippen LogP contribution in [0, 0.1) is 0 Å². The van der Waals surface area contributed by atoms with E-state index in [1.165, 1.54) is 10.7 Å². The topological polar surface area (TPSA) is 73.9 Å². The predicted octanol–water partition coefficient (Wildman–Crippen LogP) is 2.83. The van der Waals surface area contributed by atoms with Gasteiger partial charge in [-0.05, 0) is 12.8 Å². The van der Waals surface area contributed by atoms with Crippen LogP contribution in [0.3, 0.4) is 0 Å². The number of amides is 1. The molecule has 0 aliphatic carbocycles. The van der Waals surface area contributed by atoms with Crippen LogP contribution >= 0.6 is 11.3 Å². The summed E-state index contributed by atoms with van der Waals surface area (Å²) >= 11 is 1.77. The Morgan fingerprint density at radius 3 is 2.77 bits per heavy atom. The van der Waals surface area contributed by atoms with Crippen LogP contribution in [0.25, 0.3) is 0 Å². The molecule has 2 aromatic heterocycles. The van der Waals surface area contributed by atoms with Crippen LogP contribution in [0.2, 0.25) is 0 Å². The number of rotatable bonds is 2. The van der Waals surface area contributed by atoms with Gasteiger partial charge in [-0.1, -0.05) is 20.8 Å². The van der Waals surface area contributed by atoms with Crippen LogP contribution in [0.15, 0.2) is 5.38 Å². The first-order chi connectivity index (χ1) is 12.4. The van der Waals surface area contributed by atoms with Gasteiger partial charge in [-0.2, -0.15) is 5.10 Å². The van der Waals surface area contributed by atoms with Crippen LogP contribution in [0.1, 0.15) is 72.0 Å². The summed E-state index contributed by atoms with van der Waals surface area (Å²) in [6, 6.07) is 0. The SMILES string of the molecule is CC(C)(C)c1csc(C2CCN(C(=O)c3n[nH]c4c3CNCC4)CC2)n1. The summed E-state index contributed by atoms with van der Waals surface area (Å²) in [5, 5.41) is 14.1. The largest absolute Gasteiger partial charge is 0.337 e. The van der Waals surface area contributed by atoms with Gasteiger partial charge >= 0.3 is 0 Å². The van der Waals surface area contributed by atoms with Crippen LogP contribution in [0.4, 0.5) is 0 Å². The fourth-order valence-electron chi connectivity index (χ4n) is 3.70. The maximum absolute atomic E-state index is 12.9. The van der Waals surface area contributed by atoms with Gasteiger partial charge in [-0.15, -0.1) is 11.3 Å². The highest BCUT2D eigenvalue weighted by atomic mass is 32.1. The van der Waals surface area contributed by atoms with E-state index in [1.54, 1.807) is 11.3 Å². The minimum absolute atomic E-state index is 0.0687. The van der Waals surface area contributed by atoms with E-state index in [9.17, 15) is 4.79 Å². The molecule has 0 radical (unpaired) electrons. The van der Waals surface area contributed by atoms with Crippen molar-refractivity contribution in [2.24, 2.45) is 0 Å². The van der Waals surface area contributed by atoms with E-state index in [4.69, 9.17) is 4.98 Å². The standard InChI is InChI=1S/C19H27N5OS/c1-19(2,3)15-11-26-17(21-15)12-5-8-24(9-6-12)18(25)16-13-10-20-7-4-14(13)22-23-16/h11-12,20H,4-10H2,1-3H3,(H,22,23). The van der Waals surface area contributed by atoms with Gasteiger partial charge in [-0.25, -0.2) is 4.98 Å². The number of fused-ring (bicyclic) bond motifs is 1. The zero-order valence-corrected chi connectivity index (χ0v) is 16.6. The Bertz CT molecular complexity index is 795. The van der Waals surface area contributed by atoms with Crippen molar-refractivity contribution < 1.29 is 4.79 Å². The second-order valence-corrected chi connectivity index (χ2v) is 9.23. The molecule has 1 fully saturated rings. The highest BCUT2D eigenvalue weighted by Crippen LogP contribution is 2.33. The molecule has 0 atom stereocenters. The van der Waals surface area contributed by atoms with Crippen LogP contribution < -0.4 is 5.32 Å². The van der Waals surface area contributed by atoms with Crippen molar-refractivity contribution in [3.8, 4) is 0 Å². The first-order valence-electron chi connectivity index (χ1n) is 9.45. The lowest BCUT2D eigenvalue weighted by molar-refractivity contribution is 0.0705. The van der Waals surface area contributed by atoms with Crippen molar-refractivity contribution in [2.45, 2.75) is 57.9 Å². The second-order valence-electron chi connectivity index (χ2n) is 8.34. The van der Waals surface area contributed by atoms with Gasteiger partial charge in [0.2, 0.25) is 0 Å². The van der Waals surface area contributed by atoms with E-state index in [2.05, 4.69) is 41.7 Å². The first kappa shape index (κ1) is 17.7. The molecule has 140 valence electrons. The number of thiazole rings is 1. The minimum atomic E-state index is 0.0687. The quantitative estimate of drug-likeness (QED) is 0.849. The number of hydrogen-bond acceptors (Lipinski definition) is 5. The third-order valence-corrected chi connectivity index (χ3v) is 6.44. The summed E-state index contributed by atoms with van der Waals surface area (Å²) < 4.78 is 0. The fraction of sp³-hybridized carbons (Fsp3) is 0.632. The average Bonchev–Trinajstić information content (AvgIpc) is 3.28. The molecule has 1 amide bonds. The molecule has 0 saturated carbocycles. The zero-order valence-electron chi connectivity index (χ0n) is 15.8. The highest BCUT2D eigenvalue weighted by molar-refractivity contribution is 7.09. The van der Waals surface area contributed by atoms with E-state index in [0.29, 0.717) is 11.6 Å². The van der Waals surface area contributed by atoms with Crippen LogP contribution in [-0.4, -0.2) is 45.6 Å². The third kappa shape index (κ3) is 3.30. The normalized spacial score (nSPS) is 18.8. The molecule has 2 N–H and O–H groups in total. The molecule has 0 spiro atoms. The lowest BCUT2D eigenvalue weighted by Gasteiger charge is -2.31. The second kappa shape index (κ2) is 6.78. The number of hydrogen-bond donors (Lipinski definition) is 2. The van der Waals surface area contributed by atoms with Gasteiger partial charge in [0, 0.05) is 60.6 Å². The lowest BCUT2D eigenvalue weighted by Crippen LogP contribution is -2.39. The number of carbonyl (C=O) groups excluding carboxylic acids is 1. The van der Waals surface area contributed by atoms with Crippen molar-refractivity contribution in [1.82, 2.24) is 25.4 Å². The maximum Gasteiger partial charge on any atom is 0.274 e. The summed E-state index contributed by atoms with van der Waals surface area (Å²) in [5.41, 5.74) is 4.04. The minimum Gasteiger partial charge on any atom is -0.337 e. The van der Waals surface area contributed by atoms with E-state index < -0.39 is 0 Å². The van der Waals surface area contributed by atoms with E-state index in [1.807, 2.05) is 4.90 Å². The molecular weight excluding hydrogens is 346 g/mol. The molecule has 6 nitrogen and oxygen atoms in total. The van der Waals surface area contributed by atoms with Crippen LogP contribution in [0.5, 0.6) is 0 Å². The molecule has 0 unspecified atom stereocenters. The van der Waals surface area contributed by atoms with Crippen molar-refractivity contribution in [3.05, 3.63) is 33.0 Å². The number of carbonyl (C=O) groups is 1. The summed E-state index contributed by atoms with van der Waals surface area (Å²) in [6.45, 7) is 9.84. The van der Waals surface area contributed by atoms with Crippen molar-refractivity contribution in [3.63, 3.8) is 0 Å². The molecule has 0 bridgehead atoms. The van der Waals surface area contributed by atoms with Gasteiger partial charge in [0.25, 0.3) is 5.91 Å². The zero-order chi connectivity index (χ0) is 18.3. The molecule has 1 saturated heterocycles. The summed E-state index contributed by atoms with van der Waals surface area (Å²) in [5.74, 6) is 0.536. The first-order valence-corrected chi connectivity index (χ1v) is 10.3. The molecule has 0 aromatic carbocycles. The van der Waals surface area contributed by atoms with Gasteiger partial charge in [0.05, 0.1) is 10.7 Å². The number of piperidine rings is 1. The Hall–Kier alpha value is -1.73. The molecule has 26 heavy (non-hydrogen) atoms. The molecule has 2 aromatic rings. The molecular formula is C19H27N5OS. The smallest absolute Gasteiger partial charge is 0.274 e. The van der Waals surface area contributed by atoms with E-state index in [0.717, 1.165) is 56.7 Å². The molecule has 2 aliphatic heterocycles.